The number of thioether (sulfide) groups is 1. The zero-order valence-corrected chi connectivity index (χ0v) is 8.60. The molecule has 0 saturated carbocycles. The van der Waals surface area contributed by atoms with Gasteiger partial charge in [0.25, 0.3) is 0 Å². The fourth-order valence-corrected chi connectivity index (χ4v) is 4.35. The Kier molecular flexibility index (Phi) is 1.94. The number of aliphatic hydroxyl groups excluding tert-OH is 1. The van der Waals surface area contributed by atoms with Gasteiger partial charge < -0.3 is 9.84 Å². The quantitative estimate of drug-likeness (QED) is 0.672. The van der Waals surface area contributed by atoms with Crippen LogP contribution in [0.25, 0.3) is 0 Å². The van der Waals surface area contributed by atoms with Crippen LogP contribution in [0, 0.1) is 5.92 Å². The molecule has 0 aromatic rings. The summed E-state index contributed by atoms with van der Waals surface area (Å²) in [4.78, 5) is 0. The molecule has 2 rings (SSSR count). The third-order valence-corrected chi connectivity index (χ3v) is 5.13. The molecule has 2 fully saturated rings. The summed E-state index contributed by atoms with van der Waals surface area (Å²) in [6.07, 6.45) is -0.0247. The molecule has 2 heterocycles. The molecule has 2 saturated heterocycles. The minimum Gasteiger partial charge on any atom is -0.390 e. The topological polar surface area (TPSA) is 29.5 Å². The summed E-state index contributed by atoms with van der Waals surface area (Å²) < 4.78 is 5.85. The first-order valence-corrected chi connectivity index (χ1v) is 5.60. The van der Waals surface area contributed by atoms with Gasteiger partial charge in [-0.15, -0.1) is 0 Å². The second kappa shape index (κ2) is 2.63. The Morgan fingerprint density at radius 2 is 2.25 bits per heavy atom. The van der Waals surface area contributed by atoms with Gasteiger partial charge in [-0.1, -0.05) is 6.92 Å². The van der Waals surface area contributed by atoms with Crippen molar-refractivity contribution in [3.63, 3.8) is 0 Å². The van der Waals surface area contributed by atoms with Crippen LogP contribution in [0.5, 0.6) is 0 Å². The summed E-state index contributed by atoms with van der Waals surface area (Å²) in [5.41, 5.74) is -0.241. The fourth-order valence-electron chi connectivity index (χ4n) is 2.48. The van der Waals surface area contributed by atoms with Gasteiger partial charge in [0.15, 0.2) is 0 Å². The summed E-state index contributed by atoms with van der Waals surface area (Å²) in [5.74, 6) is 1.46. The Morgan fingerprint density at radius 1 is 1.58 bits per heavy atom. The summed E-state index contributed by atoms with van der Waals surface area (Å²) >= 11 is 1.95. The maximum atomic E-state index is 9.68. The third-order valence-electron chi connectivity index (χ3n) is 3.34. The van der Waals surface area contributed by atoms with Crippen molar-refractivity contribution in [3.05, 3.63) is 0 Å². The highest BCUT2D eigenvalue weighted by Gasteiger charge is 2.59. The highest BCUT2D eigenvalue weighted by molar-refractivity contribution is 8.00. The van der Waals surface area contributed by atoms with Gasteiger partial charge in [0.1, 0.15) is 5.60 Å². The van der Waals surface area contributed by atoms with Crippen LogP contribution in [0.1, 0.15) is 20.8 Å². The molecule has 2 nitrogen and oxygen atoms in total. The number of hydrogen-bond donors (Lipinski definition) is 1. The monoisotopic (exact) mass is 188 g/mol. The number of hydrogen-bond acceptors (Lipinski definition) is 3. The van der Waals surface area contributed by atoms with Gasteiger partial charge in [-0.05, 0) is 13.8 Å². The lowest BCUT2D eigenvalue weighted by Gasteiger charge is -2.33. The third kappa shape index (κ3) is 0.903. The second-order valence-electron chi connectivity index (χ2n) is 4.02. The smallest absolute Gasteiger partial charge is 0.107 e. The van der Waals surface area contributed by atoms with E-state index in [0.717, 1.165) is 5.75 Å². The largest absolute Gasteiger partial charge is 0.390 e. The first-order valence-electron chi connectivity index (χ1n) is 4.55. The van der Waals surface area contributed by atoms with Crippen LogP contribution in [-0.4, -0.2) is 33.9 Å². The maximum absolute atomic E-state index is 9.68. The standard InChI is InChI=1S/C9H16O2S/c1-5-8-6(2)11-9(5,4-12-8)7(3)10/h5-8,10H,4H2,1-3H3/t5-,6-,7-,8+,9?/m0/s1. The van der Waals surface area contributed by atoms with Gasteiger partial charge in [-0.3, -0.25) is 0 Å². The molecule has 1 unspecified atom stereocenters. The molecule has 0 aliphatic carbocycles. The molecule has 0 aromatic heterocycles. The first kappa shape index (κ1) is 8.85. The van der Waals surface area contributed by atoms with Crippen molar-refractivity contribution in [3.8, 4) is 0 Å². The van der Waals surface area contributed by atoms with Crippen molar-refractivity contribution in [2.45, 2.75) is 43.8 Å². The van der Waals surface area contributed by atoms with E-state index in [1.54, 1.807) is 0 Å². The lowest BCUT2D eigenvalue weighted by molar-refractivity contribution is -0.105. The van der Waals surface area contributed by atoms with Gasteiger partial charge in [0, 0.05) is 16.9 Å². The van der Waals surface area contributed by atoms with E-state index in [0.29, 0.717) is 17.3 Å². The number of fused-ring (bicyclic) bond motifs is 2. The molecule has 70 valence electrons. The Labute approximate surface area is 77.7 Å². The SMILES string of the molecule is C[C@@H]1OC2([C@H](C)O)CS[C@@H]1[C@@H]2C. The zero-order chi connectivity index (χ0) is 8.93. The van der Waals surface area contributed by atoms with Crippen LogP contribution in [0.3, 0.4) is 0 Å². The average molecular weight is 188 g/mol. The Bertz CT molecular complexity index is 195. The molecule has 2 aliphatic heterocycles. The van der Waals surface area contributed by atoms with Crippen molar-refractivity contribution in [2.75, 3.05) is 5.75 Å². The van der Waals surface area contributed by atoms with Crippen LogP contribution in [0.4, 0.5) is 0 Å². The van der Waals surface area contributed by atoms with Crippen molar-refractivity contribution in [1.82, 2.24) is 0 Å². The normalized spacial score (nSPS) is 54.5. The lowest BCUT2D eigenvalue weighted by Crippen LogP contribution is -2.46. The minimum atomic E-state index is -0.338. The second-order valence-corrected chi connectivity index (χ2v) is 5.18. The van der Waals surface area contributed by atoms with Crippen LogP contribution in [-0.2, 0) is 4.74 Å². The molecule has 2 aliphatic rings. The first-order chi connectivity index (χ1) is 5.58. The number of ether oxygens (including phenoxy) is 1. The highest BCUT2D eigenvalue weighted by Crippen LogP contribution is 2.52. The highest BCUT2D eigenvalue weighted by atomic mass is 32.2. The van der Waals surface area contributed by atoms with Crippen LogP contribution in [0.15, 0.2) is 0 Å². The fraction of sp³-hybridized carbons (Fsp3) is 1.00. The van der Waals surface area contributed by atoms with E-state index in [1.807, 2.05) is 18.7 Å². The van der Waals surface area contributed by atoms with Gasteiger partial charge in [0.2, 0.25) is 0 Å². The molecule has 0 radical (unpaired) electrons. The lowest BCUT2D eigenvalue weighted by atomic mass is 9.86. The van der Waals surface area contributed by atoms with Crippen molar-refractivity contribution in [2.24, 2.45) is 5.92 Å². The summed E-state index contributed by atoms with van der Waals surface area (Å²) in [6.45, 7) is 6.15. The van der Waals surface area contributed by atoms with Crippen molar-refractivity contribution in [1.29, 1.82) is 0 Å². The van der Waals surface area contributed by atoms with Crippen LogP contribution < -0.4 is 0 Å². The zero-order valence-electron chi connectivity index (χ0n) is 7.78. The van der Waals surface area contributed by atoms with E-state index >= 15 is 0 Å². The number of rotatable bonds is 1. The van der Waals surface area contributed by atoms with Gasteiger partial charge in [0.05, 0.1) is 12.2 Å². The summed E-state index contributed by atoms with van der Waals surface area (Å²) in [5, 5.41) is 10.3. The molecule has 12 heavy (non-hydrogen) atoms. The molecular weight excluding hydrogens is 172 g/mol. The Morgan fingerprint density at radius 3 is 2.50 bits per heavy atom. The molecule has 3 heteroatoms. The van der Waals surface area contributed by atoms with Crippen molar-refractivity contribution >= 4 is 11.8 Å². The van der Waals surface area contributed by atoms with E-state index < -0.39 is 0 Å². The Hall–Kier alpha value is 0.270. The van der Waals surface area contributed by atoms with Gasteiger partial charge in [-0.2, -0.15) is 11.8 Å². The summed E-state index contributed by atoms with van der Waals surface area (Å²) in [7, 11) is 0. The predicted octanol–water partition coefficient (Wildman–Crippen LogP) is 1.28. The Balaban J connectivity index is 2.27. The van der Waals surface area contributed by atoms with E-state index in [2.05, 4.69) is 13.8 Å². The van der Waals surface area contributed by atoms with Crippen molar-refractivity contribution < 1.29 is 9.84 Å². The molecular formula is C9H16O2S. The molecule has 0 aromatic carbocycles. The molecule has 1 N–H and O–H groups in total. The van der Waals surface area contributed by atoms with Gasteiger partial charge in [-0.25, -0.2) is 0 Å². The van der Waals surface area contributed by atoms with Crippen LogP contribution in [0.2, 0.25) is 0 Å². The summed E-state index contributed by atoms with van der Waals surface area (Å²) in [6, 6.07) is 0. The van der Waals surface area contributed by atoms with E-state index in [-0.39, 0.29) is 11.7 Å². The molecule has 2 bridgehead atoms. The molecule has 0 spiro atoms. The molecule has 5 atom stereocenters. The van der Waals surface area contributed by atoms with Gasteiger partial charge >= 0.3 is 0 Å². The number of aliphatic hydroxyl groups is 1. The van der Waals surface area contributed by atoms with E-state index in [1.165, 1.54) is 0 Å². The minimum absolute atomic E-state index is 0.241. The van der Waals surface area contributed by atoms with Crippen LogP contribution >= 0.6 is 11.8 Å². The van der Waals surface area contributed by atoms with E-state index in [9.17, 15) is 5.11 Å². The average Bonchev–Trinajstić information content (AvgIpc) is 2.42. The predicted molar refractivity (Wildman–Crippen MR) is 50.4 cm³/mol. The maximum Gasteiger partial charge on any atom is 0.107 e. The molecule has 0 amide bonds. The van der Waals surface area contributed by atoms with E-state index in [4.69, 9.17) is 4.74 Å².